The molecule has 3 heterocycles. The fourth-order valence-corrected chi connectivity index (χ4v) is 4.04. The fraction of sp³-hybridized carbons (Fsp3) is 0.435. The number of hydrogen-bond donors (Lipinski definition) is 1. The van der Waals surface area contributed by atoms with E-state index in [2.05, 4.69) is 21.7 Å². The summed E-state index contributed by atoms with van der Waals surface area (Å²) in [5, 5.41) is 2.90. The number of benzene rings is 1. The first-order chi connectivity index (χ1) is 15.5. The summed E-state index contributed by atoms with van der Waals surface area (Å²) in [6, 6.07) is 9.30. The second kappa shape index (κ2) is 9.44. The molecule has 3 aromatic rings. The van der Waals surface area contributed by atoms with Gasteiger partial charge in [0, 0.05) is 52.4 Å². The fourth-order valence-electron chi connectivity index (χ4n) is 4.04. The van der Waals surface area contributed by atoms with Gasteiger partial charge in [0.2, 0.25) is 0 Å². The van der Waals surface area contributed by atoms with Crippen molar-refractivity contribution >= 4 is 23.0 Å². The van der Waals surface area contributed by atoms with Gasteiger partial charge in [-0.25, -0.2) is 9.78 Å². The van der Waals surface area contributed by atoms with Gasteiger partial charge in [-0.15, -0.1) is 0 Å². The maximum Gasteiger partial charge on any atom is 0.317 e. The van der Waals surface area contributed by atoms with Crippen molar-refractivity contribution in [1.82, 2.24) is 29.6 Å². The molecule has 0 saturated carbocycles. The largest absolute Gasteiger partial charge is 0.467 e. The second-order valence-corrected chi connectivity index (χ2v) is 8.18. The summed E-state index contributed by atoms with van der Waals surface area (Å²) < 4.78 is 7.46. The maximum absolute atomic E-state index is 12.4. The number of fused-ring (bicyclic) bond motifs is 1. The molecule has 2 aromatic heterocycles. The number of amides is 3. The third-order valence-electron chi connectivity index (χ3n) is 5.82. The minimum Gasteiger partial charge on any atom is -0.467 e. The molecular weight excluding hydrogens is 408 g/mol. The molecule has 170 valence electrons. The monoisotopic (exact) mass is 438 g/mol. The Balaban J connectivity index is 1.38. The highest BCUT2D eigenvalue weighted by molar-refractivity contribution is 5.97. The Labute approximate surface area is 187 Å². The van der Waals surface area contributed by atoms with E-state index >= 15 is 0 Å². The average molecular weight is 439 g/mol. The van der Waals surface area contributed by atoms with Gasteiger partial charge in [-0.05, 0) is 37.3 Å². The Morgan fingerprint density at radius 1 is 1.16 bits per heavy atom. The van der Waals surface area contributed by atoms with Gasteiger partial charge < -0.3 is 24.1 Å². The van der Waals surface area contributed by atoms with Crippen molar-refractivity contribution in [2.45, 2.75) is 26.6 Å². The molecule has 0 spiro atoms. The number of hydrogen-bond acceptors (Lipinski definition) is 5. The average Bonchev–Trinajstić information content (AvgIpc) is 3.44. The van der Waals surface area contributed by atoms with Gasteiger partial charge in [0.1, 0.15) is 11.6 Å². The molecule has 32 heavy (non-hydrogen) atoms. The molecule has 1 N–H and O–H groups in total. The van der Waals surface area contributed by atoms with E-state index < -0.39 is 0 Å². The van der Waals surface area contributed by atoms with Gasteiger partial charge in [-0.3, -0.25) is 9.69 Å². The van der Waals surface area contributed by atoms with Gasteiger partial charge >= 0.3 is 6.03 Å². The van der Waals surface area contributed by atoms with E-state index in [0.29, 0.717) is 31.7 Å². The van der Waals surface area contributed by atoms with Crippen molar-refractivity contribution < 1.29 is 14.0 Å². The molecule has 1 aromatic carbocycles. The lowest BCUT2D eigenvalue weighted by molar-refractivity contribution is 0.0827. The van der Waals surface area contributed by atoms with E-state index in [1.807, 2.05) is 35.2 Å². The third-order valence-corrected chi connectivity index (χ3v) is 5.82. The quantitative estimate of drug-likeness (QED) is 0.639. The Morgan fingerprint density at radius 3 is 2.59 bits per heavy atom. The van der Waals surface area contributed by atoms with Gasteiger partial charge in [0.15, 0.2) is 0 Å². The zero-order valence-corrected chi connectivity index (χ0v) is 18.9. The van der Waals surface area contributed by atoms with Crippen LogP contribution in [-0.4, -0.2) is 76.5 Å². The third kappa shape index (κ3) is 4.62. The number of urea groups is 1. The Bertz CT molecular complexity index is 1080. The first-order valence-corrected chi connectivity index (χ1v) is 10.9. The van der Waals surface area contributed by atoms with Crippen molar-refractivity contribution in [2.75, 3.05) is 40.3 Å². The number of aromatic nitrogens is 2. The number of aryl methyl sites for hydroxylation is 1. The van der Waals surface area contributed by atoms with Crippen molar-refractivity contribution in [2.24, 2.45) is 0 Å². The van der Waals surface area contributed by atoms with E-state index in [9.17, 15) is 9.59 Å². The molecule has 0 bridgehead atoms. The molecule has 4 rings (SSSR count). The molecule has 3 amide bonds. The number of carbonyl (C=O) groups excluding carboxylic acids is 2. The normalized spacial score (nSPS) is 14.7. The highest BCUT2D eigenvalue weighted by Crippen LogP contribution is 2.20. The summed E-state index contributed by atoms with van der Waals surface area (Å²) in [5.74, 6) is 1.69. The highest BCUT2D eigenvalue weighted by atomic mass is 16.3. The molecule has 0 atom stereocenters. The number of piperazine rings is 1. The number of nitrogens with one attached hydrogen (secondary N) is 1. The van der Waals surface area contributed by atoms with Crippen LogP contribution in [0.15, 0.2) is 41.0 Å². The van der Waals surface area contributed by atoms with Crippen LogP contribution in [0.4, 0.5) is 4.79 Å². The van der Waals surface area contributed by atoms with Crippen LogP contribution < -0.4 is 5.32 Å². The number of imidazole rings is 1. The van der Waals surface area contributed by atoms with Crippen LogP contribution in [0.2, 0.25) is 0 Å². The van der Waals surface area contributed by atoms with Crippen molar-refractivity contribution in [3.05, 3.63) is 53.7 Å². The van der Waals surface area contributed by atoms with Crippen LogP contribution in [0.3, 0.4) is 0 Å². The van der Waals surface area contributed by atoms with Crippen molar-refractivity contribution in [1.29, 1.82) is 0 Å². The first kappa shape index (κ1) is 21.9. The minimum absolute atomic E-state index is 0.0269. The first-order valence-electron chi connectivity index (χ1n) is 10.9. The SMILES string of the molecule is CCn1c(CN2CCN(C(=O)NCc3ccco3)CC2)nc2cc(C(=O)N(C)C)ccc21. The number of rotatable bonds is 6. The molecule has 1 saturated heterocycles. The topological polar surface area (TPSA) is 86.8 Å². The summed E-state index contributed by atoms with van der Waals surface area (Å²) in [4.78, 5) is 35.3. The number of nitrogens with zero attached hydrogens (tertiary/aromatic N) is 5. The van der Waals surface area contributed by atoms with Crippen LogP contribution >= 0.6 is 0 Å². The molecule has 9 heteroatoms. The van der Waals surface area contributed by atoms with Crippen LogP contribution in [0, 0.1) is 0 Å². The molecule has 1 aliphatic rings. The standard InChI is InChI=1S/C23H30N6O3/c1-4-29-20-8-7-17(22(30)26(2)3)14-19(20)25-21(29)16-27-9-11-28(12-10-27)23(31)24-15-18-6-5-13-32-18/h5-8,13-14H,4,9-12,15-16H2,1-3H3,(H,24,31). The molecule has 1 fully saturated rings. The lowest BCUT2D eigenvalue weighted by Gasteiger charge is -2.34. The Kier molecular flexibility index (Phi) is 6.45. The van der Waals surface area contributed by atoms with E-state index in [1.165, 1.54) is 0 Å². The summed E-state index contributed by atoms with van der Waals surface area (Å²) in [7, 11) is 3.50. The van der Waals surface area contributed by atoms with Crippen molar-refractivity contribution in [3.8, 4) is 0 Å². The van der Waals surface area contributed by atoms with E-state index in [0.717, 1.165) is 42.3 Å². The molecule has 0 aliphatic carbocycles. The molecule has 1 aliphatic heterocycles. The molecule has 0 radical (unpaired) electrons. The second-order valence-electron chi connectivity index (χ2n) is 8.18. The zero-order valence-electron chi connectivity index (χ0n) is 18.9. The summed E-state index contributed by atoms with van der Waals surface area (Å²) in [6.45, 7) is 6.91. The van der Waals surface area contributed by atoms with Gasteiger partial charge in [0.25, 0.3) is 5.91 Å². The predicted molar refractivity (Wildman–Crippen MR) is 121 cm³/mol. The smallest absolute Gasteiger partial charge is 0.317 e. The van der Waals surface area contributed by atoms with Crippen LogP contribution in [0.5, 0.6) is 0 Å². The molecule has 0 unspecified atom stereocenters. The summed E-state index contributed by atoms with van der Waals surface area (Å²) in [6.07, 6.45) is 1.60. The lowest BCUT2D eigenvalue weighted by atomic mass is 10.2. The Morgan fingerprint density at radius 2 is 1.94 bits per heavy atom. The highest BCUT2D eigenvalue weighted by Gasteiger charge is 2.23. The summed E-state index contributed by atoms with van der Waals surface area (Å²) in [5.41, 5.74) is 2.52. The van der Waals surface area contributed by atoms with E-state index in [4.69, 9.17) is 9.40 Å². The lowest BCUT2D eigenvalue weighted by Crippen LogP contribution is -2.51. The predicted octanol–water partition coefficient (Wildman–Crippen LogP) is 2.38. The van der Waals surface area contributed by atoms with Crippen molar-refractivity contribution in [3.63, 3.8) is 0 Å². The minimum atomic E-state index is -0.0695. The van der Waals surface area contributed by atoms with Gasteiger partial charge in [0.05, 0.1) is 30.4 Å². The summed E-state index contributed by atoms with van der Waals surface area (Å²) >= 11 is 0. The van der Waals surface area contributed by atoms with Gasteiger partial charge in [-0.1, -0.05) is 0 Å². The number of carbonyl (C=O) groups is 2. The zero-order chi connectivity index (χ0) is 22.7. The van der Waals surface area contributed by atoms with Gasteiger partial charge in [-0.2, -0.15) is 0 Å². The van der Waals surface area contributed by atoms with Crippen LogP contribution in [0.25, 0.3) is 11.0 Å². The van der Waals surface area contributed by atoms with Crippen LogP contribution in [-0.2, 0) is 19.6 Å². The van der Waals surface area contributed by atoms with E-state index in [-0.39, 0.29) is 11.9 Å². The van der Waals surface area contributed by atoms with Crippen LogP contribution in [0.1, 0.15) is 28.9 Å². The molecular formula is C23H30N6O3. The molecule has 9 nitrogen and oxygen atoms in total. The number of furan rings is 1. The Hall–Kier alpha value is -3.33. The maximum atomic E-state index is 12.4. The van der Waals surface area contributed by atoms with E-state index in [1.54, 1.807) is 25.3 Å².